The second-order valence-electron chi connectivity index (χ2n) is 6.99. The minimum atomic E-state index is -0.656. The fraction of sp³-hybridized carbons (Fsp3) is 0.286. The number of ether oxygens (including phenoxy) is 1. The molecule has 1 saturated heterocycles. The van der Waals surface area contributed by atoms with Crippen LogP contribution >= 0.6 is 0 Å². The van der Waals surface area contributed by atoms with Crippen LogP contribution in [0.3, 0.4) is 0 Å². The van der Waals surface area contributed by atoms with Crippen molar-refractivity contribution in [1.82, 2.24) is 4.90 Å². The summed E-state index contributed by atoms with van der Waals surface area (Å²) in [5.74, 6) is 0.0315. The predicted octanol–water partition coefficient (Wildman–Crippen LogP) is 4.03. The van der Waals surface area contributed by atoms with Crippen LogP contribution in [0.5, 0.6) is 0 Å². The Balaban J connectivity index is 2.01. The van der Waals surface area contributed by atoms with Crippen molar-refractivity contribution >= 4 is 18.1 Å². The fourth-order valence-electron chi connectivity index (χ4n) is 4.04. The quantitative estimate of drug-likeness (QED) is 0.734. The number of hydrogen-bond acceptors (Lipinski definition) is 2. The Hall–Kier alpha value is -2.39. The molecule has 24 heavy (non-hydrogen) atoms. The van der Waals surface area contributed by atoms with Crippen LogP contribution in [0.15, 0.2) is 48.5 Å². The SMILES string of the molecule is CC(=O)N1CC2(OC1(C)C)c1ccccc1C=Cc1ccccc12. The molecule has 4 rings (SSSR count). The second kappa shape index (κ2) is 5.05. The molecular weight excluding hydrogens is 298 g/mol. The average molecular weight is 319 g/mol. The number of nitrogens with zero attached hydrogens (tertiary/aromatic N) is 1. The first-order valence-electron chi connectivity index (χ1n) is 8.29. The molecule has 1 spiro atoms. The van der Waals surface area contributed by atoms with E-state index in [2.05, 4.69) is 36.4 Å². The van der Waals surface area contributed by atoms with Crippen molar-refractivity contribution in [1.29, 1.82) is 0 Å². The number of hydrogen-bond donors (Lipinski definition) is 0. The zero-order valence-electron chi connectivity index (χ0n) is 14.2. The Kier molecular flexibility index (Phi) is 3.19. The predicted molar refractivity (Wildman–Crippen MR) is 95.1 cm³/mol. The largest absolute Gasteiger partial charge is 0.338 e. The molecule has 2 aromatic rings. The highest BCUT2D eigenvalue weighted by atomic mass is 16.6. The van der Waals surface area contributed by atoms with Gasteiger partial charge in [0.15, 0.2) is 0 Å². The van der Waals surface area contributed by atoms with Gasteiger partial charge in [-0.05, 0) is 36.1 Å². The molecule has 122 valence electrons. The van der Waals surface area contributed by atoms with Gasteiger partial charge < -0.3 is 9.64 Å². The zero-order valence-corrected chi connectivity index (χ0v) is 14.2. The van der Waals surface area contributed by atoms with E-state index >= 15 is 0 Å². The fourth-order valence-corrected chi connectivity index (χ4v) is 4.04. The van der Waals surface area contributed by atoms with E-state index in [9.17, 15) is 4.79 Å². The van der Waals surface area contributed by atoms with E-state index in [0.717, 1.165) is 22.3 Å². The monoisotopic (exact) mass is 319 g/mol. The van der Waals surface area contributed by atoms with Gasteiger partial charge >= 0.3 is 0 Å². The summed E-state index contributed by atoms with van der Waals surface area (Å²) in [7, 11) is 0. The van der Waals surface area contributed by atoms with Crippen molar-refractivity contribution in [2.75, 3.05) is 6.54 Å². The summed E-state index contributed by atoms with van der Waals surface area (Å²) in [6, 6.07) is 16.6. The lowest BCUT2D eigenvalue weighted by molar-refractivity contribution is -0.147. The summed E-state index contributed by atoms with van der Waals surface area (Å²) >= 11 is 0. The van der Waals surface area contributed by atoms with Gasteiger partial charge in [0, 0.05) is 6.92 Å². The van der Waals surface area contributed by atoms with Crippen LogP contribution < -0.4 is 0 Å². The van der Waals surface area contributed by atoms with Gasteiger partial charge in [0.1, 0.15) is 11.3 Å². The Morgan fingerprint density at radius 1 is 0.958 bits per heavy atom. The Morgan fingerprint density at radius 2 is 1.46 bits per heavy atom. The third kappa shape index (κ3) is 2.05. The van der Waals surface area contributed by atoms with Crippen molar-refractivity contribution in [2.24, 2.45) is 0 Å². The maximum absolute atomic E-state index is 12.2. The van der Waals surface area contributed by atoms with E-state index in [-0.39, 0.29) is 5.91 Å². The number of fused-ring (bicyclic) bond motifs is 4. The van der Waals surface area contributed by atoms with E-state index < -0.39 is 11.3 Å². The molecular formula is C21H21NO2. The van der Waals surface area contributed by atoms with Crippen LogP contribution in [0.1, 0.15) is 43.0 Å². The van der Waals surface area contributed by atoms with Gasteiger partial charge in [-0.15, -0.1) is 0 Å². The Bertz CT molecular complexity index is 801. The van der Waals surface area contributed by atoms with Gasteiger partial charge in [0.25, 0.3) is 0 Å². The van der Waals surface area contributed by atoms with Crippen molar-refractivity contribution in [3.63, 3.8) is 0 Å². The number of amides is 1. The normalized spacial score (nSPS) is 19.7. The minimum absolute atomic E-state index is 0.0315. The van der Waals surface area contributed by atoms with E-state index in [1.165, 1.54) is 0 Å². The molecule has 0 aromatic heterocycles. The maximum Gasteiger partial charge on any atom is 0.221 e. The van der Waals surface area contributed by atoms with E-state index in [0.29, 0.717) is 6.54 Å². The van der Waals surface area contributed by atoms with Crippen molar-refractivity contribution in [3.05, 3.63) is 70.8 Å². The number of benzene rings is 2. The maximum atomic E-state index is 12.2. The highest BCUT2D eigenvalue weighted by Crippen LogP contribution is 2.49. The van der Waals surface area contributed by atoms with Gasteiger partial charge in [0.2, 0.25) is 5.91 Å². The molecule has 1 amide bonds. The molecule has 0 radical (unpaired) electrons. The summed E-state index contributed by atoms with van der Waals surface area (Å²) in [4.78, 5) is 14.1. The molecule has 1 aliphatic heterocycles. The zero-order chi connectivity index (χ0) is 16.9. The lowest BCUT2D eigenvalue weighted by atomic mass is 9.83. The Morgan fingerprint density at radius 3 is 1.92 bits per heavy atom. The van der Waals surface area contributed by atoms with Crippen molar-refractivity contribution in [2.45, 2.75) is 32.1 Å². The molecule has 3 heteroatoms. The summed E-state index contributed by atoms with van der Waals surface area (Å²) in [5, 5.41) is 0. The third-order valence-corrected chi connectivity index (χ3v) is 5.07. The average Bonchev–Trinajstić information content (AvgIpc) is 2.78. The lowest BCUT2D eigenvalue weighted by Gasteiger charge is -2.32. The van der Waals surface area contributed by atoms with Crippen LogP contribution in [0.2, 0.25) is 0 Å². The van der Waals surface area contributed by atoms with Gasteiger partial charge in [0.05, 0.1) is 6.54 Å². The molecule has 1 fully saturated rings. The minimum Gasteiger partial charge on any atom is -0.338 e. The summed E-state index contributed by atoms with van der Waals surface area (Å²) in [6.45, 7) is 6.06. The van der Waals surface area contributed by atoms with E-state index in [1.807, 2.05) is 43.0 Å². The van der Waals surface area contributed by atoms with Crippen LogP contribution in [0.4, 0.5) is 0 Å². The van der Waals surface area contributed by atoms with Gasteiger partial charge in [-0.1, -0.05) is 60.7 Å². The van der Waals surface area contributed by atoms with Gasteiger partial charge in [-0.25, -0.2) is 0 Å². The van der Waals surface area contributed by atoms with Crippen LogP contribution in [-0.4, -0.2) is 23.1 Å². The molecule has 2 aliphatic rings. The molecule has 3 nitrogen and oxygen atoms in total. The second-order valence-corrected chi connectivity index (χ2v) is 6.99. The topological polar surface area (TPSA) is 29.5 Å². The van der Waals surface area contributed by atoms with E-state index in [1.54, 1.807) is 6.92 Å². The Labute approximate surface area is 142 Å². The molecule has 1 heterocycles. The van der Waals surface area contributed by atoms with Crippen LogP contribution in [0.25, 0.3) is 12.2 Å². The molecule has 0 N–H and O–H groups in total. The lowest BCUT2D eigenvalue weighted by Crippen LogP contribution is -2.42. The highest BCUT2D eigenvalue weighted by molar-refractivity contribution is 5.79. The number of rotatable bonds is 0. The smallest absolute Gasteiger partial charge is 0.221 e. The van der Waals surface area contributed by atoms with Crippen LogP contribution in [-0.2, 0) is 15.1 Å². The summed E-state index contributed by atoms with van der Waals surface area (Å²) in [6.07, 6.45) is 4.27. The molecule has 0 unspecified atom stereocenters. The number of carbonyl (C=O) groups is 1. The third-order valence-electron chi connectivity index (χ3n) is 5.07. The molecule has 1 aliphatic carbocycles. The summed E-state index contributed by atoms with van der Waals surface area (Å²) < 4.78 is 6.65. The molecule has 0 saturated carbocycles. The summed E-state index contributed by atoms with van der Waals surface area (Å²) in [5.41, 5.74) is 3.19. The standard InChI is InChI=1S/C21H21NO2/c1-15(23)22-14-21(24-20(22,2)3)18-10-6-4-8-16(18)12-13-17-9-5-7-11-19(17)21/h4-13H,14H2,1-3H3. The highest BCUT2D eigenvalue weighted by Gasteiger charge is 2.54. The first-order chi connectivity index (χ1) is 11.4. The van der Waals surface area contributed by atoms with Gasteiger partial charge in [-0.3, -0.25) is 4.79 Å². The van der Waals surface area contributed by atoms with Gasteiger partial charge in [-0.2, -0.15) is 0 Å². The first kappa shape index (κ1) is 15.2. The molecule has 0 bridgehead atoms. The molecule has 2 aromatic carbocycles. The van der Waals surface area contributed by atoms with E-state index in [4.69, 9.17) is 4.74 Å². The van der Waals surface area contributed by atoms with Crippen molar-refractivity contribution in [3.8, 4) is 0 Å². The van der Waals surface area contributed by atoms with Crippen LogP contribution in [0, 0.1) is 0 Å². The first-order valence-corrected chi connectivity index (χ1v) is 8.29. The number of carbonyl (C=O) groups excluding carboxylic acids is 1. The molecule has 0 atom stereocenters. The van der Waals surface area contributed by atoms with Crippen molar-refractivity contribution < 1.29 is 9.53 Å².